The number of nitrogens with zero attached hydrogens (tertiary/aromatic N) is 2. The van der Waals surface area contributed by atoms with E-state index in [1.165, 1.54) is 11.5 Å². The third-order valence-electron chi connectivity index (χ3n) is 1.85. The predicted octanol–water partition coefficient (Wildman–Crippen LogP) is 3.41. The molecule has 0 saturated carbocycles. The number of hydrogen-bond acceptors (Lipinski definition) is 5. The summed E-state index contributed by atoms with van der Waals surface area (Å²) in [7, 11) is 1.62. The normalized spacial score (nSPS) is 10.2. The first-order chi connectivity index (χ1) is 7.69. The van der Waals surface area contributed by atoms with Crippen molar-refractivity contribution in [3.05, 3.63) is 28.5 Å². The minimum atomic E-state index is 0.531. The van der Waals surface area contributed by atoms with E-state index in [0.717, 1.165) is 10.2 Å². The average Bonchev–Trinajstić information content (AvgIpc) is 2.67. The maximum Gasteiger partial charge on any atom is 0.298 e. The summed E-state index contributed by atoms with van der Waals surface area (Å²) in [5.74, 6) is 2.18. The Kier molecular flexibility index (Phi) is 3.40. The van der Waals surface area contributed by atoms with Gasteiger partial charge in [0.1, 0.15) is 17.3 Å². The van der Waals surface area contributed by atoms with Crippen molar-refractivity contribution in [2.45, 2.75) is 6.92 Å². The van der Waals surface area contributed by atoms with Crippen LogP contribution in [-0.4, -0.2) is 16.5 Å². The molecule has 0 aliphatic heterocycles. The highest BCUT2D eigenvalue weighted by Crippen LogP contribution is 2.33. The van der Waals surface area contributed by atoms with Crippen LogP contribution in [-0.2, 0) is 0 Å². The number of ether oxygens (including phenoxy) is 2. The van der Waals surface area contributed by atoms with Gasteiger partial charge in [0, 0.05) is 11.5 Å². The maximum absolute atomic E-state index is 5.57. The fraction of sp³-hybridized carbons (Fsp3) is 0.200. The zero-order valence-corrected chi connectivity index (χ0v) is 11.1. The number of benzene rings is 1. The van der Waals surface area contributed by atoms with Crippen LogP contribution in [0.3, 0.4) is 0 Å². The Hall–Kier alpha value is -1.14. The minimum absolute atomic E-state index is 0.531. The molecule has 2 aromatic rings. The van der Waals surface area contributed by atoms with Gasteiger partial charge in [-0.05, 0) is 41.1 Å². The van der Waals surface area contributed by atoms with Gasteiger partial charge in [0.2, 0.25) is 0 Å². The molecular weight excluding hydrogens is 292 g/mol. The van der Waals surface area contributed by atoms with Crippen LogP contribution < -0.4 is 9.47 Å². The zero-order valence-electron chi connectivity index (χ0n) is 8.73. The first kappa shape index (κ1) is 11.3. The summed E-state index contributed by atoms with van der Waals surface area (Å²) in [5.41, 5.74) is 0. The third kappa shape index (κ3) is 2.51. The van der Waals surface area contributed by atoms with E-state index >= 15 is 0 Å². The van der Waals surface area contributed by atoms with E-state index in [1.807, 2.05) is 25.1 Å². The number of aryl methyl sites for hydroxylation is 1. The van der Waals surface area contributed by atoms with Gasteiger partial charge in [-0.1, -0.05) is 0 Å². The van der Waals surface area contributed by atoms with E-state index in [2.05, 4.69) is 25.3 Å². The van der Waals surface area contributed by atoms with Crippen molar-refractivity contribution in [3.63, 3.8) is 0 Å². The standard InChI is InChI=1S/C10H9BrN2O2S/c1-6-12-10(16-13-6)15-9-4-3-7(14-2)5-8(9)11/h3-5H,1-2H3. The van der Waals surface area contributed by atoms with Crippen molar-refractivity contribution in [1.29, 1.82) is 0 Å². The van der Waals surface area contributed by atoms with Crippen molar-refractivity contribution in [2.24, 2.45) is 0 Å². The Labute approximate surface area is 106 Å². The summed E-state index contributed by atoms with van der Waals surface area (Å²) >= 11 is 4.63. The molecule has 0 unspecified atom stereocenters. The Morgan fingerprint density at radius 1 is 1.38 bits per heavy atom. The van der Waals surface area contributed by atoms with E-state index in [4.69, 9.17) is 9.47 Å². The quantitative estimate of drug-likeness (QED) is 0.871. The lowest BCUT2D eigenvalue weighted by atomic mass is 10.3. The maximum atomic E-state index is 5.57. The monoisotopic (exact) mass is 300 g/mol. The van der Waals surface area contributed by atoms with Gasteiger partial charge < -0.3 is 9.47 Å². The molecule has 84 valence electrons. The number of methoxy groups -OCH3 is 1. The van der Waals surface area contributed by atoms with Gasteiger partial charge in [0.05, 0.1) is 11.6 Å². The lowest BCUT2D eigenvalue weighted by Gasteiger charge is -2.05. The molecule has 0 amide bonds. The highest BCUT2D eigenvalue weighted by Gasteiger charge is 2.07. The van der Waals surface area contributed by atoms with Crippen LogP contribution in [0.4, 0.5) is 0 Å². The lowest BCUT2D eigenvalue weighted by molar-refractivity contribution is 0.412. The number of hydrogen-bond donors (Lipinski definition) is 0. The van der Waals surface area contributed by atoms with Crippen molar-refractivity contribution < 1.29 is 9.47 Å². The predicted molar refractivity (Wildman–Crippen MR) is 65.4 cm³/mol. The number of aromatic nitrogens is 2. The summed E-state index contributed by atoms with van der Waals surface area (Å²) in [4.78, 5) is 4.12. The summed E-state index contributed by atoms with van der Waals surface area (Å²) in [6, 6.07) is 5.48. The third-order valence-corrected chi connectivity index (χ3v) is 3.15. The van der Waals surface area contributed by atoms with Gasteiger partial charge in [0.25, 0.3) is 5.19 Å². The summed E-state index contributed by atoms with van der Waals surface area (Å²) in [6.45, 7) is 1.83. The Morgan fingerprint density at radius 3 is 2.75 bits per heavy atom. The summed E-state index contributed by atoms with van der Waals surface area (Å²) in [5, 5.41) is 0.531. The highest BCUT2D eigenvalue weighted by molar-refractivity contribution is 9.10. The minimum Gasteiger partial charge on any atom is -0.497 e. The molecule has 0 saturated heterocycles. The van der Waals surface area contributed by atoms with Crippen molar-refractivity contribution in [2.75, 3.05) is 7.11 Å². The number of halogens is 1. The molecule has 1 aromatic heterocycles. The van der Waals surface area contributed by atoms with Crippen LogP contribution in [0.15, 0.2) is 22.7 Å². The van der Waals surface area contributed by atoms with Crippen molar-refractivity contribution in [1.82, 2.24) is 9.36 Å². The van der Waals surface area contributed by atoms with Gasteiger partial charge in [-0.15, -0.1) is 0 Å². The van der Waals surface area contributed by atoms with Gasteiger partial charge in [-0.2, -0.15) is 9.36 Å². The summed E-state index contributed by atoms with van der Waals surface area (Å²) < 4.78 is 15.5. The Bertz CT molecular complexity index is 501. The molecule has 0 spiro atoms. The van der Waals surface area contributed by atoms with Crippen LogP contribution in [0, 0.1) is 6.92 Å². The zero-order chi connectivity index (χ0) is 11.5. The average molecular weight is 301 g/mol. The first-order valence-corrected chi connectivity index (χ1v) is 6.07. The van der Waals surface area contributed by atoms with Crippen molar-refractivity contribution in [3.8, 4) is 16.7 Å². The second-order valence-electron chi connectivity index (χ2n) is 3.01. The molecule has 1 heterocycles. The van der Waals surface area contributed by atoms with E-state index in [9.17, 15) is 0 Å². The molecular formula is C10H9BrN2O2S. The Balaban J connectivity index is 2.21. The first-order valence-electron chi connectivity index (χ1n) is 4.51. The second-order valence-corrected chi connectivity index (χ2v) is 4.57. The second kappa shape index (κ2) is 4.80. The molecule has 6 heteroatoms. The molecule has 0 aliphatic rings. The van der Waals surface area contributed by atoms with Gasteiger partial charge >= 0.3 is 0 Å². The molecule has 0 N–H and O–H groups in total. The fourth-order valence-electron chi connectivity index (χ4n) is 1.10. The molecule has 0 bridgehead atoms. The van der Waals surface area contributed by atoms with Crippen LogP contribution in [0.5, 0.6) is 16.7 Å². The van der Waals surface area contributed by atoms with E-state index < -0.39 is 0 Å². The van der Waals surface area contributed by atoms with Crippen LogP contribution in [0.2, 0.25) is 0 Å². The molecule has 16 heavy (non-hydrogen) atoms. The molecule has 4 nitrogen and oxygen atoms in total. The molecule has 0 radical (unpaired) electrons. The van der Waals surface area contributed by atoms with Crippen LogP contribution in [0.1, 0.15) is 5.82 Å². The molecule has 2 rings (SSSR count). The molecule has 0 atom stereocenters. The SMILES string of the molecule is COc1ccc(Oc2nc(C)ns2)c(Br)c1. The summed E-state index contributed by atoms with van der Waals surface area (Å²) in [6.07, 6.45) is 0. The van der Waals surface area contributed by atoms with Crippen LogP contribution in [0.25, 0.3) is 0 Å². The lowest BCUT2D eigenvalue weighted by Crippen LogP contribution is -1.87. The van der Waals surface area contributed by atoms with Crippen molar-refractivity contribution >= 4 is 27.5 Å². The Morgan fingerprint density at radius 2 is 2.19 bits per heavy atom. The smallest absolute Gasteiger partial charge is 0.298 e. The molecule has 0 fully saturated rings. The van der Waals surface area contributed by atoms with Gasteiger partial charge in [-0.25, -0.2) is 0 Å². The van der Waals surface area contributed by atoms with Gasteiger partial charge in [0.15, 0.2) is 0 Å². The highest BCUT2D eigenvalue weighted by atomic mass is 79.9. The van der Waals surface area contributed by atoms with E-state index in [1.54, 1.807) is 7.11 Å². The molecule has 1 aromatic carbocycles. The fourth-order valence-corrected chi connectivity index (χ4v) is 2.09. The topological polar surface area (TPSA) is 44.2 Å². The van der Waals surface area contributed by atoms with Gasteiger partial charge in [-0.3, -0.25) is 0 Å². The van der Waals surface area contributed by atoms with E-state index in [-0.39, 0.29) is 0 Å². The number of rotatable bonds is 3. The van der Waals surface area contributed by atoms with Crippen LogP contribution >= 0.6 is 27.5 Å². The van der Waals surface area contributed by atoms with E-state index in [0.29, 0.717) is 16.8 Å². The molecule has 0 aliphatic carbocycles. The largest absolute Gasteiger partial charge is 0.497 e.